The van der Waals surface area contributed by atoms with Gasteiger partial charge in [0.15, 0.2) is 0 Å². The highest BCUT2D eigenvalue weighted by atomic mass is 35.5. The van der Waals surface area contributed by atoms with Crippen molar-refractivity contribution < 1.29 is 9.72 Å². The van der Waals surface area contributed by atoms with Crippen LogP contribution in [-0.2, 0) is 4.79 Å². The molecule has 0 aliphatic carbocycles. The van der Waals surface area contributed by atoms with E-state index in [1.54, 1.807) is 0 Å². The van der Waals surface area contributed by atoms with Gasteiger partial charge < -0.3 is 10.2 Å². The molecule has 2 aromatic rings. The zero-order valence-corrected chi connectivity index (χ0v) is 15.7. The highest BCUT2D eigenvalue weighted by Crippen LogP contribution is 2.27. The molecular weight excluding hydrogens is 368 g/mol. The number of amides is 1. The maximum absolute atomic E-state index is 12.6. The molecule has 0 bridgehead atoms. The van der Waals surface area contributed by atoms with Gasteiger partial charge in [0.25, 0.3) is 5.69 Å². The first-order chi connectivity index (χ1) is 13.0. The summed E-state index contributed by atoms with van der Waals surface area (Å²) in [5.41, 5.74) is 1.46. The Bertz CT molecular complexity index is 823. The number of para-hydroxylation sites is 1. The van der Waals surface area contributed by atoms with E-state index in [2.05, 4.69) is 27.2 Å². The Labute approximate surface area is 162 Å². The summed E-state index contributed by atoms with van der Waals surface area (Å²) in [6.07, 6.45) is 0. The van der Waals surface area contributed by atoms with Crippen molar-refractivity contribution in [2.24, 2.45) is 0 Å². The van der Waals surface area contributed by atoms with Crippen molar-refractivity contribution in [1.29, 1.82) is 0 Å². The minimum Gasteiger partial charge on any atom is -0.369 e. The van der Waals surface area contributed by atoms with Gasteiger partial charge in [-0.25, -0.2) is 0 Å². The summed E-state index contributed by atoms with van der Waals surface area (Å²) in [7, 11) is 0. The maximum atomic E-state index is 12.6. The molecule has 0 radical (unpaired) electrons. The summed E-state index contributed by atoms with van der Waals surface area (Å²) >= 11 is 6.06. The van der Waals surface area contributed by atoms with Gasteiger partial charge in [0, 0.05) is 44.0 Å². The molecule has 1 aliphatic heterocycles. The number of non-ortho nitro benzene ring substituents is 1. The van der Waals surface area contributed by atoms with E-state index in [4.69, 9.17) is 11.6 Å². The van der Waals surface area contributed by atoms with Crippen LogP contribution in [0.25, 0.3) is 0 Å². The normalized spacial score (nSPS) is 16.0. The number of nitro benzene ring substituents is 1. The summed E-state index contributed by atoms with van der Waals surface area (Å²) < 4.78 is 0. The highest BCUT2D eigenvalue weighted by Gasteiger charge is 2.26. The molecule has 1 fully saturated rings. The number of benzene rings is 2. The molecule has 1 heterocycles. The number of carbonyl (C=O) groups is 1. The second-order valence-corrected chi connectivity index (χ2v) is 6.85. The second-order valence-electron chi connectivity index (χ2n) is 6.45. The number of hydrogen-bond acceptors (Lipinski definition) is 5. The molecule has 27 heavy (non-hydrogen) atoms. The maximum Gasteiger partial charge on any atom is 0.271 e. The largest absolute Gasteiger partial charge is 0.369 e. The average Bonchev–Trinajstić information content (AvgIpc) is 2.69. The van der Waals surface area contributed by atoms with Crippen LogP contribution in [0.2, 0.25) is 5.02 Å². The average molecular weight is 389 g/mol. The number of hydrogen-bond donors (Lipinski definition) is 1. The van der Waals surface area contributed by atoms with Gasteiger partial charge in [0.2, 0.25) is 5.91 Å². The summed E-state index contributed by atoms with van der Waals surface area (Å²) in [6.45, 7) is 5.10. The molecule has 0 unspecified atom stereocenters. The molecule has 0 saturated carbocycles. The molecule has 142 valence electrons. The van der Waals surface area contributed by atoms with Gasteiger partial charge in [-0.2, -0.15) is 0 Å². The lowest BCUT2D eigenvalue weighted by molar-refractivity contribution is -0.384. The lowest BCUT2D eigenvalue weighted by Gasteiger charge is -2.38. The Balaban J connectivity index is 1.57. The molecule has 1 atom stereocenters. The van der Waals surface area contributed by atoms with Crippen LogP contribution >= 0.6 is 11.6 Å². The number of nitro groups is 1. The number of carbonyl (C=O) groups excluding carboxylic acids is 1. The van der Waals surface area contributed by atoms with Crippen LogP contribution in [0.5, 0.6) is 0 Å². The van der Waals surface area contributed by atoms with Crippen LogP contribution in [0.1, 0.15) is 6.92 Å². The van der Waals surface area contributed by atoms with E-state index in [-0.39, 0.29) is 22.7 Å². The third kappa shape index (κ3) is 4.56. The number of nitrogens with zero attached hydrogens (tertiary/aromatic N) is 3. The van der Waals surface area contributed by atoms with Gasteiger partial charge >= 0.3 is 0 Å². The summed E-state index contributed by atoms with van der Waals surface area (Å²) in [6, 6.07) is 13.9. The number of nitrogens with one attached hydrogen (secondary N) is 1. The Morgan fingerprint density at radius 2 is 1.81 bits per heavy atom. The van der Waals surface area contributed by atoms with Crippen molar-refractivity contribution in [3.05, 3.63) is 63.7 Å². The first kappa shape index (κ1) is 19.1. The van der Waals surface area contributed by atoms with Crippen LogP contribution in [0.4, 0.5) is 17.1 Å². The van der Waals surface area contributed by atoms with Gasteiger partial charge in [-0.05, 0) is 25.1 Å². The van der Waals surface area contributed by atoms with Crippen molar-refractivity contribution in [2.75, 3.05) is 36.4 Å². The minimum atomic E-state index is -0.522. The first-order valence-corrected chi connectivity index (χ1v) is 9.12. The molecule has 2 aromatic carbocycles. The summed E-state index contributed by atoms with van der Waals surface area (Å²) in [4.78, 5) is 27.3. The third-order valence-corrected chi connectivity index (χ3v) is 5.10. The fourth-order valence-electron chi connectivity index (χ4n) is 3.13. The Morgan fingerprint density at radius 3 is 2.41 bits per heavy atom. The van der Waals surface area contributed by atoms with Crippen LogP contribution in [0, 0.1) is 10.1 Å². The molecule has 1 aliphatic rings. The fraction of sp³-hybridized carbons (Fsp3) is 0.316. The molecule has 1 amide bonds. The Kier molecular flexibility index (Phi) is 5.93. The topological polar surface area (TPSA) is 78.7 Å². The molecule has 7 nitrogen and oxygen atoms in total. The van der Waals surface area contributed by atoms with Gasteiger partial charge in [0.05, 0.1) is 21.7 Å². The minimum absolute atomic E-state index is 0.108. The molecule has 1 saturated heterocycles. The van der Waals surface area contributed by atoms with E-state index in [1.165, 1.54) is 23.9 Å². The van der Waals surface area contributed by atoms with Crippen molar-refractivity contribution in [3.63, 3.8) is 0 Å². The molecule has 1 N–H and O–H groups in total. The van der Waals surface area contributed by atoms with Gasteiger partial charge in [0.1, 0.15) is 0 Å². The van der Waals surface area contributed by atoms with Crippen LogP contribution < -0.4 is 10.2 Å². The SMILES string of the molecule is C[C@@H](C(=O)Nc1ccc([N+](=O)[O-])cc1Cl)N1CCN(c2ccccc2)CC1. The van der Waals surface area contributed by atoms with Crippen molar-refractivity contribution >= 4 is 34.6 Å². The summed E-state index contributed by atoms with van der Waals surface area (Å²) in [5, 5.41) is 13.7. The molecule has 0 aromatic heterocycles. The second kappa shape index (κ2) is 8.37. The quantitative estimate of drug-likeness (QED) is 0.627. The molecule has 0 spiro atoms. The monoisotopic (exact) mass is 388 g/mol. The zero-order chi connectivity index (χ0) is 19.4. The third-order valence-electron chi connectivity index (χ3n) is 4.78. The van der Waals surface area contributed by atoms with E-state index in [1.807, 2.05) is 25.1 Å². The highest BCUT2D eigenvalue weighted by molar-refractivity contribution is 6.34. The van der Waals surface area contributed by atoms with E-state index in [0.717, 1.165) is 26.2 Å². The number of halogens is 1. The summed E-state index contributed by atoms with van der Waals surface area (Å²) in [5.74, 6) is -0.182. The first-order valence-electron chi connectivity index (χ1n) is 8.74. The van der Waals surface area contributed by atoms with Gasteiger partial charge in [-0.1, -0.05) is 29.8 Å². The van der Waals surface area contributed by atoms with Crippen molar-refractivity contribution in [3.8, 4) is 0 Å². The predicted molar refractivity (Wildman–Crippen MR) is 106 cm³/mol. The van der Waals surface area contributed by atoms with E-state index < -0.39 is 4.92 Å². The standard InChI is InChI=1S/C19H21ClN4O3/c1-14(19(25)21-18-8-7-16(24(26)27)13-17(18)20)22-9-11-23(12-10-22)15-5-3-2-4-6-15/h2-8,13-14H,9-12H2,1H3,(H,21,25)/t14-/m0/s1. The molecular formula is C19H21ClN4O3. The zero-order valence-electron chi connectivity index (χ0n) is 15.0. The van der Waals surface area contributed by atoms with E-state index >= 15 is 0 Å². The number of piperazine rings is 1. The predicted octanol–water partition coefficient (Wildman–Crippen LogP) is 3.40. The van der Waals surface area contributed by atoms with Crippen LogP contribution in [0.3, 0.4) is 0 Å². The fourth-order valence-corrected chi connectivity index (χ4v) is 3.35. The lowest BCUT2D eigenvalue weighted by Crippen LogP contribution is -2.52. The Morgan fingerprint density at radius 1 is 1.15 bits per heavy atom. The number of anilines is 2. The molecule has 3 rings (SSSR count). The Hall–Kier alpha value is -2.64. The van der Waals surface area contributed by atoms with E-state index in [9.17, 15) is 14.9 Å². The smallest absolute Gasteiger partial charge is 0.271 e. The van der Waals surface area contributed by atoms with Crippen molar-refractivity contribution in [2.45, 2.75) is 13.0 Å². The molecule has 8 heteroatoms. The lowest BCUT2D eigenvalue weighted by atomic mass is 10.2. The van der Waals surface area contributed by atoms with Gasteiger partial charge in [-0.15, -0.1) is 0 Å². The van der Waals surface area contributed by atoms with Gasteiger partial charge in [-0.3, -0.25) is 19.8 Å². The van der Waals surface area contributed by atoms with E-state index in [0.29, 0.717) is 5.69 Å². The van der Waals surface area contributed by atoms with Crippen LogP contribution in [-0.4, -0.2) is 48.0 Å². The van der Waals surface area contributed by atoms with Crippen molar-refractivity contribution in [1.82, 2.24) is 4.90 Å². The van der Waals surface area contributed by atoms with Crippen LogP contribution in [0.15, 0.2) is 48.5 Å². The number of rotatable bonds is 5.